The standard InChI is InChI=1S/C13H23NO2S.C2H6O/c1-4-6-8-16-9-13(15)11-17-10-12(3)14-7-5-2;1-3-2/h5,7,13,15H,2-4,6,8-11H2,1H3;1-2H3. The molecule has 1 atom stereocenters. The van der Waals surface area contributed by atoms with Crippen LogP contribution in [0.3, 0.4) is 0 Å². The largest absolute Gasteiger partial charge is 0.390 e. The van der Waals surface area contributed by atoms with Crippen LogP contribution in [0.25, 0.3) is 0 Å². The van der Waals surface area contributed by atoms with E-state index in [0.29, 0.717) is 12.4 Å². The van der Waals surface area contributed by atoms with Crippen LogP contribution in [0.4, 0.5) is 0 Å². The third-order valence-electron chi connectivity index (χ3n) is 1.89. The highest BCUT2D eigenvalue weighted by Gasteiger charge is 2.04. The van der Waals surface area contributed by atoms with Crippen molar-refractivity contribution in [2.75, 3.05) is 38.9 Å². The van der Waals surface area contributed by atoms with Crippen molar-refractivity contribution < 1.29 is 14.6 Å². The van der Waals surface area contributed by atoms with Gasteiger partial charge < -0.3 is 14.6 Å². The fraction of sp³-hybridized carbons (Fsp3) is 0.667. The predicted octanol–water partition coefficient (Wildman–Crippen LogP) is 2.93. The highest BCUT2D eigenvalue weighted by atomic mass is 32.2. The summed E-state index contributed by atoms with van der Waals surface area (Å²) in [5.74, 6) is 1.37. The van der Waals surface area contributed by atoms with E-state index in [-0.39, 0.29) is 0 Å². The lowest BCUT2D eigenvalue weighted by Gasteiger charge is -2.10. The van der Waals surface area contributed by atoms with Crippen molar-refractivity contribution in [3.8, 4) is 0 Å². The number of allylic oxidation sites excluding steroid dienone is 1. The molecule has 0 aromatic rings. The van der Waals surface area contributed by atoms with Gasteiger partial charge in [0, 0.05) is 44.2 Å². The molecule has 4 nitrogen and oxygen atoms in total. The van der Waals surface area contributed by atoms with Crippen LogP contribution in [0.2, 0.25) is 0 Å². The smallest absolute Gasteiger partial charge is 0.0863 e. The molecule has 1 unspecified atom stereocenters. The first-order chi connectivity index (χ1) is 9.62. The number of unbranched alkanes of at least 4 members (excludes halogenated alkanes) is 1. The van der Waals surface area contributed by atoms with Crippen LogP contribution in [0, 0.1) is 0 Å². The van der Waals surface area contributed by atoms with Crippen LogP contribution >= 0.6 is 11.8 Å². The lowest BCUT2D eigenvalue weighted by atomic mass is 10.3. The summed E-state index contributed by atoms with van der Waals surface area (Å²) >= 11 is 1.61. The highest BCUT2D eigenvalue weighted by Crippen LogP contribution is 2.09. The van der Waals surface area contributed by atoms with Gasteiger partial charge in [0.05, 0.1) is 12.7 Å². The maximum atomic E-state index is 9.61. The number of methoxy groups -OCH3 is 1. The summed E-state index contributed by atoms with van der Waals surface area (Å²) in [6.07, 6.45) is 4.99. The Labute approximate surface area is 128 Å². The number of nitrogens with zero attached hydrogens (tertiary/aromatic N) is 1. The summed E-state index contributed by atoms with van der Waals surface area (Å²) in [5, 5.41) is 9.61. The molecule has 0 heterocycles. The first-order valence-electron chi connectivity index (χ1n) is 6.68. The van der Waals surface area contributed by atoms with Crippen molar-refractivity contribution in [2.45, 2.75) is 25.9 Å². The minimum absolute atomic E-state index is 0.409. The van der Waals surface area contributed by atoms with Gasteiger partial charge in [-0.05, 0) is 6.42 Å². The van der Waals surface area contributed by atoms with Crippen molar-refractivity contribution in [3.05, 3.63) is 24.9 Å². The van der Waals surface area contributed by atoms with E-state index in [4.69, 9.17) is 4.74 Å². The first kappa shape index (κ1) is 21.7. The number of hydrogen-bond acceptors (Lipinski definition) is 5. The van der Waals surface area contributed by atoms with E-state index in [0.717, 1.165) is 30.9 Å². The van der Waals surface area contributed by atoms with Gasteiger partial charge in [-0.3, -0.25) is 4.99 Å². The van der Waals surface area contributed by atoms with Gasteiger partial charge >= 0.3 is 0 Å². The third-order valence-corrected chi connectivity index (χ3v) is 3.05. The number of ether oxygens (including phenoxy) is 2. The molecule has 1 N–H and O–H groups in total. The monoisotopic (exact) mass is 303 g/mol. The van der Waals surface area contributed by atoms with Gasteiger partial charge in [0.15, 0.2) is 0 Å². The maximum absolute atomic E-state index is 9.61. The molecule has 0 amide bonds. The molecule has 0 saturated heterocycles. The van der Waals surface area contributed by atoms with Crippen LogP contribution in [0.5, 0.6) is 0 Å². The number of aliphatic hydroxyl groups excluding tert-OH is 1. The minimum atomic E-state index is -0.409. The molecule has 5 heteroatoms. The molecule has 118 valence electrons. The average molecular weight is 303 g/mol. The van der Waals surface area contributed by atoms with Gasteiger partial charge in [0.25, 0.3) is 0 Å². The Morgan fingerprint density at radius 2 is 2.10 bits per heavy atom. The molecule has 0 saturated carbocycles. The Hall–Kier alpha value is -0.620. The lowest BCUT2D eigenvalue weighted by molar-refractivity contribution is 0.0473. The molecule has 0 rings (SSSR count). The Morgan fingerprint density at radius 3 is 2.65 bits per heavy atom. The molecule has 0 aliphatic rings. The lowest BCUT2D eigenvalue weighted by Crippen LogP contribution is -2.18. The topological polar surface area (TPSA) is 51.1 Å². The summed E-state index contributed by atoms with van der Waals surface area (Å²) in [6, 6.07) is 0. The van der Waals surface area contributed by atoms with Gasteiger partial charge in [-0.1, -0.05) is 32.6 Å². The van der Waals surface area contributed by atoms with Crippen molar-refractivity contribution in [1.82, 2.24) is 0 Å². The van der Waals surface area contributed by atoms with E-state index in [1.807, 2.05) is 0 Å². The van der Waals surface area contributed by atoms with Crippen molar-refractivity contribution in [2.24, 2.45) is 4.99 Å². The van der Waals surface area contributed by atoms with Gasteiger partial charge in [-0.25, -0.2) is 0 Å². The van der Waals surface area contributed by atoms with Crippen molar-refractivity contribution in [3.63, 3.8) is 0 Å². The SMILES string of the molecule is C=CC=NC(=C)CSCC(O)COCCCC.COC. The van der Waals surface area contributed by atoms with E-state index in [9.17, 15) is 5.11 Å². The molecule has 0 aliphatic heterocycles. The summed E-state index contributed by atoms with van der Waals surface area (Å²) in [6.45, 7) is 10.6. The molecule has 0 aromatic carbocycles. The normalized spacial score (nSPS) is 11.8. The van der Waals surface area contributed by atoms with Crippen molar-refractivity contribution >= 4 is 18.0 Å². The predicted molar refractivity (Wildman–Crippen MR) is 89.8 cm³/mol. The van der Waals surface area contributed by atoms with Crippen LogP contribution < -0.4 is 0 Å². The molecule has 0 spiro atoms. The number of aliphatic hydroxyl groups is 1. The van der Waals surface area contributed by atoms with Crippen LogP contribution in [0.15, 0.2) is 29.9 Å². The number of rotatable bonds is 11. The van der Waals surface area contributed by atoms with E-state index in [2.05, 4.69) is 29.8 Å². The van der Waals surface area contributed by atoms with Gasteiger partial charge in [0.2, 0.25) is 0 Å². The van der Waals surface area contributed by atoms with Gasteiger partial charge in [-0.15, -0.1) is 0 Å². The quantitative estimate of drug-likeness (QED) is 0.471. The number of aliphatic imine (C=N–C) groups is 1. The molecule has 0 radical (unpaired) electrons. The number of hydrogen-bond donors (Lipinski definition) is 1. The van der Waals surface area contributed by atoms with E-state index in [1.165, 1.54) is 0 Å². The van der Waals surface area contributed by atoms with E-state index in [1.54, 1.807) is 38.3 Å². The summed E-state index contributed by atoms with van der Waals surface area (Å²) in [7, 11) is 3.25. The van der Waals surface area contributed by atoms with Crippen LogP contribution in [-0.4, -0.2) is 56.4 Å². The Bertz CT molecular complexity index is 258. The maximum Gasteiger partial charge on any atom is 0.0863 e. The number of thioether (sulfide) groups is 1. The molecular weight excluding hydrogens is 274 g/mol. The third kappa shape index (κ3) is 19.7. The zero-order chi connectivity index (χ0) is 15.6. The molecule has 0 bridgehead atoms. The minimum Gasteiger partial charge on any atom is -0.390 e. The van der Waals surface area contributed by atoms with E-state index >= 15 is 0 Å². The van der Waals surface area contributed by atoms with E-state index < -0.39 is 6.10 Å². The second-order valence-corrected chi connectivity index (χ2v) is 5.12. The van der Waals surface area contributed by atoms with Gasteiger partial charge in [-0.2, -0.15) is 11.8 Å². The van der Waals surface area contributed by atoms with Crippen molar-refractivity contribution in [1.29, 1.82) is 0 Å². The molecule has 0 aliphatic carbocycles. The molecule has 0 fully saturated rings. The highest BCUT2D eigenvalue weighted by molar-refractivity contribution is 7.99. The summed E-state index contributed by atoms with van der Waals surface area (Å²) < 4.78 is 9.58. The second kappa shape index (κ2) is 18.4. The van der Waals surface area contributed by atoms with Crippen LogP contribution in [-0.2, 0) is 9.47 Å². The molecular formula is C15H29NO3S. The Morgan fingerprint density at radius 1 is 1.45 bits per heavy atom. The second-order valence-electron chi connectivity index (χ2n) is 4.09. The Kier molecular flexibility index (Phi) is 19.9. The van der Waals surface area contributed by atoms with Gasteiger partial charge in [0.1, 0.15) is 0 Å². The Balaban J connectivity index is 0. The first-order valence-corrected chi connectivity index (χ1v) is 7.84. The molecule has 0 aromatic heterocycles. The summed E-state index contributed by atoms with van der Waals surface area (Å²) in [5.41, 5.74) is 0.786. The fourth-order valence-corrected chi connectivity index (χ4v) is 1.82. The van der Waals surface area contributed by atoms with Crippen LogP contribution in [0.1, 0.15) is 19.8 Å². The fourth-order valence-electron chi connectivity index (χ4n) is 1.02. The zero-order valence-electron chi connectivity index (χ0n) is 13.0. The zero-order valence-corrected chi connectivity index (χ0v) is 13.8. The average Bonchev–Trinajstić information content (AvgIpc) is 2.42. The summed E-state index contributed by atoms with van der Waals surface area (Å²) in [4.78, 5) is 4.05. The molecule has 20 heavy (non-hydrogen) atoms.